The van der Waals surface area contributed by atoms with Gasteiger partial charge in [-0.1, -0.05) is 0 Å². The molecule has 6 nitrogen and oxygen atoms in total. The zero-order chi connectivity index (χ0) is 11.7. The van der Waals surface area contributed by atoms with Gasteiger partial charge in [0.1, 0.15) is 0 Å². The Morgan fingerprint density at radius 3 is 2.53 bits per heavy atom. The highest BCUT2D eigenvalue weighted by Gasteiger charge is 2.06. The molecule has 0 aromatic heterocycles. The third-order valence-electron chi connectivity index (χ3n) is 1.64. The van der Waals surface area contributed by atoms with Gasteiger partial charge in [-0.3, -0.25) is 0 Å². The van der Waals surface area contributed by atoms with Crippen LogP contribution in [0.1, 0.15) is 0 Å². The fourth-order valence-electron chi connectivity index (χ4n) is 0.846. The molecule has 0 aromatic carbocycles. The maximum absolute atomic E-state index is 11.1. The molecule has 0 amide bonds. The van der Waals surface area contributed by atoms with Crippen LogP contribution in [0.2, 0.25) is 0 Å². The molecule has 0 bridgehead atoms. The van der Waals surface area contributed by atoms with Gasteiger partial charge < -0.3 is 15.4 Å². The molecular weight excluding hydrogens is 218 g/mol. The van der Waals surface area contributed by atoms with Crippen molar-refractivity contribution in [3.05, 3.63) is 0 Å². The second-order valence-corrected chi connectivity index (χ2v) is 5.34. The fourth-order valence-corrected chi connectivity index (χ4v) is 1.69. The van der Waals surface area contributed by atoms with E-state index in [0.29, 0.717) is 19.8 Å². The highest BCUT2D eigenvalue weighted by Crippen LogP contribution is 1.82. The lowest BCUT2D eigenvalue weighted by atomic mass is 10.6. The Morgan fingerprint density at radius 2 is 2.00 bits per heavy atom. The third-order valence-corrected chi connectivity index (χ3v) is 3.05. The van der Waals surface area contributed by atoms with Crippen molar-refractivity contribution in [3.63, 3.8) is 0 Å². The van der Waals surface area contributed by atoms with E-state index in [4.69, 9.17) is 10.5 Å². The molecule has 0 unspecified atom stereocenters. The molecule has 0 aliphatic carbocycles. The summed E-state index contributed by atoms with van der Waals surface area (Å²) in [6.07, 6.45) is 0. The van der Waals surface area contributed by atoms with Crippen LogP contribution in [-0.2, 0) is 14.8 Å². The van der Waals surface area contributed by atoms with E-state index in [2.05, 4.69) is 4.72 Å². The summed E-state index contributed by atoms with van der Waals surface area (Å²) >= 11 is 0. The highest BCUT2D eigenvalue weighted by atomic mass is 32.2. The van der Waals surface area contributed by atoms with Crippen molar-refractivity contribution in [1.29, 1.82) is 0 Å². The molecule has 7 heteroatoms. The Balaban J connectivity index is 3.38. The van der Waals surface area contributed by atoms with E-state index in [1.807, 2.05) is 19.0 Å². The van der Waals surface area contributed by atoms with Gasteiger partial charge in [0.2, 0.25) is 10.0 Å². The molecule has 0 aliphatic heterocycles. The Bertz CT molecular complexity index is 242. The Labute approximate surface area is 91.8 Å². The molecule has 0 fully saturated rings. The summed E-state index contributed by atoms with van der Waals surface area (Å²) in [6.45, 7) is 2.26. The van der Waals surface area contributed by atoms with Crippen LogP contribution in [0.3, 0.4) is 0 Å². The van der Waals surface area contributed by atoms with Crippen molar-refractivity contribution >= 4 is 10.0 Å². The van der Waals surface area contributed by atoms with E-state index in [1.165, 1.54) is 0 Å². The van der Waals surface area contributed by atoms with Crippen molar-refractivity contribution in [2.45, 2.75) is 0 Å². The summed E-state index contributed by atoms with van der Waals surface area (Å²) in [5, 5.41) is 0. The van der Waals surface area contributed by atoms with Crippen molar-refractivity contribution < 1.29 is 13.2 Å². The topological polar surface area (TPSA) is 84.7 Å². The molecule has 0 heterocycles. The van der Waals surface area contributed by atoms with Crippen LogP contribution in [0, 0.1) is 0 Å². The number of nitrogens with two attached hydrogens (primary N) is 1. The number of sulfonamides is 1. The quantitative estimate of drug-likeness (QED) is 0.476. The monoisotopic (exact) mass is 239 g/mol. The molecule has 0 atom stereocenters. The zero-order valence-electron chi connectivity index (χ0n) is 9.40. The predicted octanol–water partition coefficient (Wildman–Crippen LogP) is -1.56. The van der Waals surface area contributed by atoms with Gasteiger partial charge in [-0.05, 0) is 14.1 Å². The van der Waals surface area contributed by atoms with E-state index in [1.54, 1.807) is 0 Å². The molecule has 0 rings (SSSR count). The van der Waals surface area contributed by atoms with E-state index >= 15 is 0 Å². The molecule has 0 aromatic rings. The average Bonchev–Trinajstić information content (AvgIpc) is 2.10. The van der Waals surface area contributed by atoms with Gasteiger partial charge >= 0.3 is 0 Å². The van der Waals surface area contributed by atoms with Crippen LogP contribution in [0.25, 0.3) is 0 Å². The Hall–Kier alpha value is -0.210. The molecule has 3 N–H and O–H groups in total. The first-order valence-electron chi connectivity index (χ1n) is 4.88. The van der Waals surface area contributed by atoms with Crippen molar-refractivity contribution in [2.24, 2.45) is 5.73 Å². The first-order chi connectivity index (χ1) is 6.98. The van der Waals surface area contributed by atoms with Crippen molar-refractivity contribution in [3.8, 4) is 0 Å². The summed E-state index contributed by atoms with van der Waals surface area (Å²) in [5.41, 5.74) is 5.14. The first kappa shape index (κ1) is 14.8. The largest absolute Gasteiger partial charge is 0.379 e. The summed E-state index contributed by atoms with van der Waals surface area (Å²) in [7, 11) is 0.703. The summed E-state index contributed by atoms with van der Waals surface area (Å²) in [6, 6.07) is 0. The lowest BCUT2D eigenvalue weighted by Gasteiger charge is -2.10. The molecule has 0 radical (unpaired) electrons. The molecule has 0 saturated heterocycles. The molecule has 92 valence electrons. The van der Waals surface area contributed by atoms with Crippen LogP contribution in [0.4, 0.5) is 0 Å². The number of nitrogens with one attached hydrogen (secondary N) is 1. The Morgan fingerprint density at radius 1 is 1.33 bits per heavy atom. The van der Waals surface area contributed by atoms with Gasteiger partial charge in [-0.15, -0.1) is 0 Å². The number of hydrogen-bond acceptors (Lipinski definition) is 5. The molecule has 15 heavy (non-hydrogen) atoms. The van der Waals surface area contributed by atoms with Gasteiger partial charge in [0.15, 0.2) is 0 Å². The lowest BCUT2D eigenvalue weighted by Crippen LogP contribution is -2.32. The molecule has 0 spiro atoms. The lowest BCUT2D eigenvalue weighted by molar-refractivity contribution is 0.122. The highest BCUT2D eigenvalue weighted by molar-refractivity contribution is 7.89. The normalized spacial score (nSPS) is 12.3. The van der Waals surface area contributed by atoms with Crippen LogP contribution >= 0.6 is 0 Å². The maximum Gasteiger partial charge on any atom is 0.212 e. The van der Waals surface area contributed by atoms with E-state index < -0.39 is 10.0 Å². The second-order valence-electron chi connectivity index (χ2n) is 3.42. The SMILES string of the molecule is CN(C)CCOCCNS(=O)(=O)CCN. The zero-order valence-corrected chi connectivity index (χ0v) is 10.2. The first-order valence-corrected chi connectivity index (χ1v) is 6.53. The maximum atomic E-state index is 11.1. The Kier molecular flexibility index (Phi) is 7.89. The predicted molar refractivity (Wildman–Crippen MR) is 60.2 cm³/mol. The minimum atomic E-state index is -3.20. The summed E-state index contributed by atoms with van der Waals surface area (Å²) < 4.78 is 29.9. The summed E-state index contributed by atoms with van der Waals surface area (Å²) in [4.78, 5) is 2.00. The van der Waals surface area contributed by atoms with Crippen LogP contribution in [0.5, 0.6) is 0 Å². The average molecular weight is 239 g/mol. The van der Waals surface area contributed by atoms with Crippen molar-refractivity contribution in [2.75, 3.05) is 52.7 Å². The van der Waals surface area contributed by atoms with Gasteiger partial charge in [0, 0.05) is 19.6 Å². The minimum absolute atomic E-state index is 0.0370. The fraction of sp³-hybridized carbons (Fsp3) is 1.00. The van der Waals surface area contributed by atoms with Gasteiger partial charge in [-0.2, -0.15) is 0 Å². The van der Waals surface area contributed by atoms with E-state index in [0.717, 1.165) is 6.54 Å². The second kappa shape index (κ2) is 8.00. The number of ether oxygens (including phenoxy) is 1. The van der Waals surface area contributed by atoms with Crippen LogP contribution < -0.4 is 10.5 Å². The number of rotatable bonds is 9. The summed E-state index contributed by atoms with van der Waals surface area (Å²) in [5.74, 6) is -0.0370. The molecule has 0 aliphatic rings. The van der Waals surface area contributed by atoms with Crippen LogP contribution in [0.15, 0.2) is 0 Å². The van der Waals surface area contributed by atoms with Gasteiger partial charge in [0.05, 0.1) is 19.0 Å². The van der Waals surface area contributed by atoms with Crippen LogP contribution in [-0.4, -0.2) is 66.0 Å². The minimum Gasteiger partial charge on any atom is -0.379 e. The number of likely N-dealkylation sites (N-methyl/N-ethyl adjacent to an activating group) is 1. The number of nitrogens with zero attached hydrogens (tertiary/aromatic N) is 1. The smallest absolute Gasteiger partial charge is 0.212 e. The molecule has 0 saturated carbocycles. The number of hydrogen-bond donors (Lipinski definition) is 2. The van der Waals surface area contributed by atoms with E-state index in [9.17, 15) is 8.42 Å². The van der Waals surface area contributed by atoms with E-state index in [-0.39, 0.29) is 12.3 Å². The van der Waals surface area contributed by atoms with Gasteiger partial charge in [0.25, 0.3) is 0 Å². The van der Waals surface area contributed by atoms with Crippen molar-refractivity contribution in [1.82, 2.24) is 9.62 Å². The van der Waals surface area contributed by atoms with Gasteiger partial charge in [-0.25, -0.2) is 13.1 Å². The third kappa shape index (κ3) is 10.1. The standard InChI is InChI=1S/C8H21N3O3S/c1-11(2)5-7-14-6-4-10-15(12,13)8-3-9/h10H,3-9H2,1-2H3. The molecular formula is C8H21N3O3S.